The standard InChI is InChI=1S/C10H21N5S/c1-10(2,3)16-8-9-12-13-14-15(9)7-5-4-6-11/h4-8,11H2,1-3H3. The first-order valence-corrected chi connectivity index (χ1v) is 6.60. The van der Waals surface area contributed by atoms with E-state index in [1.807, 2.05) is 16.4 Å². The number of hydrogen-bond acceptors (Lipinski definition) is 5. The molecule has 0 aliphatic rings. The molecule has 0 aliphatic carbocycles. The highest BCUT2D eigenvalue weighted by molar-refractivity contribution is 7.99. The molecule has 6 heteroatoms. The highest BCUT2D eigenvalue weighted by atomic mass is 32.2. The highest BCUT2D eigenvalue weighted by Crippen LogP contribution is 2.26. The molecule has 0 bridgehead atoms. The van der Waals surface area contributed by atoms with Crippen LogP contribution in [0.1, 0.15) is 39.4 Å². The van der Waals surface area contributed by atoms with Crippen molar-refractivity contribution in [2.45, 2.75) is 50.7 Å². The quantitative estimate of drug-likeness (QED) is 0.766. The van der Waals surface area contributed by atoms with Gasteiger partial charge in [0.15, 0.2) is 5.82 Å². The molecular weight excluding hydrogens is 222 g/mol. The van der Waals surface area contributed by atoms with Gasteiger partial charge >= 0.3 is 0 Å². The van der Waals surface area contributed by atoms with Crippen LogP contribution in [0.5, 0.6) is 0 Å². The molecule has 0 fully saturated rings. The lowest BCUT2D eigenvalue weighted by molar-refractivity contribution is 0.532. The van der Waals surface area contributed by atoms with Crippen molar-refractivity contribution < 1.29 is 0 Å². The van der Waals surface area contributed by atoms with Crippen molar-refractivity contribution in [3.05, 3.63) is 5.82 Å². The van der Waals surface area contributed by atoms with Gasteiger partial charge in [-0.25, -0.2) is 4.68 Å². The molecule has 0 saturated heterocycles. The van der Waals surface area contributed by atoms with E-state index in [0.29, 0.717) is 0 Å². The molecule has 5 nitrogen and oxygen atoms in total. The maximum Gasteiger partial charge on any atom is 0.161 e. The number of thioether (sulfide) groups is 1. The molecule has 1 aromatic heterocycles. The zero-order chi connectivity index (χ0) is 12.0. The van der Waals surface area contributed by atoms with E-state index in [1.54, 1.807) is 0 Å². The second kappa shape index (κ2) is 6.20. The first-order chi connectivity index (χ1) is 7.53. The van der Waals surface area contributed by atoms with Crippen molar-refractivity contribution in [3.8, 4) is 0 Å². The first kappa shape index (κ1) is 13.4. The van der Waals surface area contributed by atoms with E-state index in [4.69, 9.17) is 5.73 Å². The predicted molar refractivity (Wildman–Crippen MR) is 67.2 cm³/mol. The SMILES string of the molecule is CC(C)(C)SCc1nnnn1CCCCN. The predicted octanol–water partition coefficient (Wildman–Crippen LogP) is 1.44. The minimum atomic E-state index is 0.244. The van der Waals surface area contributed by atoms with Gasteiger partial charge in [0.25, 0.3) is 0 Å². The average molecular weight is 243 g/mol. The molecule has 1 heterocycles. The molecule has 0 unspecified atom stereocenters. The monoisotopic (exact) mass is 243 g/mol. The van der Waals surface area contributed by atoms with Gasteiger partial charge in [0.1, 0.15) is 0 Å². The molecular formula is C10H21N5S. The Balaban J connectivity index is 2.44. The van der Waals surface area contributed by atoms with E-state index in [-0.39, 0.29) is 4.75 Å². The number of tetrazole rings is 1. The van der Waals surface area contributed by atoms with Crippen LogP contribution < -0.4 is 5.73 Å². The number of nitrogens with two attached hydrogens (primary N) is 1. The van der Waals surface area contributed by atoms with Crippen LogP contribution in [0.25, 0.3) is 0 Å². The topological polar surface area (TPSA) is 69.6 Å². The number of aromatic nitrogens is 4. The van der Waals surface area contributed by atoms with Crippen LogP contribution in [-0.2, 0) is 12.3 Å². The molecule has 0 amide bonds. The summed E-state index contributed by atoms with van der Waals surface area (Å²) >= 11 is 1.86. The number of unbranched alkanes of at least 4 members (excludes halogenated alkanes) is 1. The van der Waals surface area contributed by atoms with Crippen molar-refractivity contribution >= 4 is 11.8 Å². The maximum absolute atomic E-state index is 5.46. The average Bonchev–Trinajstić information content (AvgIpc) is 2.62. The van der Waals surface area contributed by atoms with Crippen LogP contribution in [0.3, 0.4) is 0 Å². The summed E-state index contributed by atoms with van der Waals surface area (Å²) in [7, 11) is 0. The lowest BCUT2D eigenvalue weighted by Gasteiger charge is -2.16. The second-order valence-electron chi connectivity index (χ2n) is 4.72. The van der Waals surface area contributed by atoms with Crippen molar-refractivity contribution in [1.29, 1.82) is 0 Å². The summed E-state index contributed by atoms with van der Waals surface area (Å²) in [6, 6.07) is 0. The van der Waals surface area contributed by atoms with Crippen LogP contribution in [-0.4, -0.2) is 31.5 Å². The number of aryl methyl sites for hydroxylation is 1. The molecule has 2 N–H and O–H groups in total. The maximum atomic E-state index is 5.46. The number of nitrogens with zero attached hydrogens (tertiary/aromatic N) is 4. The number of hydrogen-bond donors (Lipinski definition) is 1. The van der Waals surface area contributed by atoms with Gasteiger partial charge in [-0.3, -0.25) is 0 Å². The van der Waals surface area contributed by atoms with Crippen molar-refractivity contribution in [2.24, 2.45) is 5.73 Å². The fourth-order valence-electron chi connectivity index (χ4n) is 1.19. The Morgan fingerprint density at radius 3 is 2.69 bits per heavy atom. The zero-order valence-corrected chi connectivity index (χ0v) is 11.1. The van der Waals surface area contributed by atoms with Gasteiger partial charge in [-0.2, -0.15) is 0 Å². The van der Waals surface area contributed by atoms with Gasteiger partial charge in [0.2, 0.25) is 0 Å². The van der Waals surface area contributed by atoms with Crippen LogP contribution >= 0.6 is 11.8 Å². The van der Waals surface area contributed by atoms with Gasteiger partial charge < -0.3 is 5.73 Å². The summed E-state index contributed by atoms with van der Waals surface area (Å²) in [5.41, 5.74) is 5.46. The molecule has 1 aromatic rings. The van der Waals surface area contributed by atoms with E-state index in [9.17, 15) is 0 Å². The minimum absolute atomic E-state index is 0.244. The summed E-state index contributed by atoms with van der Waals surface area (Å²) in [5, 5.41) is 11.8. The summed E-state index contributed by atoms with van der Waals surface area (Å²) < 4.78 is 2.13. The van der Waals surface area contributed by atoms with E-state index in [2.05, 4.69) is 36.3 Å². The summed E-state index contributed by atoms with van der Waals surface area (Å²) in [5.74, 6) is 1.82. The Kier molecular flexibility index (Phi) is 5.21. The Labute approximate surface area is 101 Å². The van der Waals surface area contributed by atoms with E-state index in [0.717, 1.165) is 37.5 Å². The third-order valence-electron chi connectivity index (χ3n) is 2.06. The van der Waals surface area contributed by atoms with Gasteiger partial charge in [0, 0.05) is 11.3 Å². The van der Waals surface area contributed by atoms with Gasteiger partial charge in [-0.1, -0.05) is 20.8 Å². The van der Waals surface area contributed by atoms with E-state index in [1.165, 1.54) is 0 Å². The third kappa shape index (κ3) is 4.94. The lowest BCUT2D eigenvalue weighted by atomic mass is 10.3. The second-order valence-corrected chi connectivity index (χ2v) is 6.52. The number of rotatable bonds is 6. The van der Waals surface area contributed by atoms with Crippen LogP contribution in [0, 0.1) is 0 Å². The Hall–Kier alpha value is -0.620. The van der Waals surface area contributed by atoms with Crippen molar-refractivity contribution in [3.63, 3.8) is 0 Å². The largest absolute Gasteiger partial charge is 0.330 e. The van der Waals surface area contributed by atoms with Crippen LogP contribution in [0.4, 0.5) is 0 Å². The smallest absolute Gasteiger partial charge is 0.161 e. The molecule has 1 rings (SSSR count). The van der Waals surface area contributed by atoms with Gasteiger partial charge in [-0.05, 0) is 29.8 Å². The molecule has 0 atom stereocenters. The van der Waals surface area contributed by atoms with Gasteiger partial charge in [-0.15, -0.1) is 16.9 Å². The molecule has 0 spiro atoms. The van der Waals surface area contributed by atoms with Crippen molar-refractivity contribution in [2.75, 3.05) is 6.54 Å². The molecule has 0 aliphatic heterocycles. The molecule has 0 aromatic carbocycles. The normalized spacial score (nSPS) is 12.0. The van der Waals surface area contributed by atoms with Crippen LogP contribution in [0.2, 0.25) is 0 Å². The highest BCUT2D eigenvalue weighted by Gasteiger charge is 2.13. The fourth-order valence-corrected chi connectivity index (χ4v) is 1.96. The minimum Gasteiger partial charge on any atom is -0.330 e. The Morgan fingerprint density at radius 1 is 1.31 bits per heavy atom. The fraction of sp³-hybridized carbons (Fsp3) is 0.900. The van der Waals surface area contributed by atoms with E-state index >= 15 is 0 Å². The molecule has 16 heavy (non-hydrogen) atoms. The zero-order valence-electron chi connectivity index (χ0n) is 10.3. The summed E-state index contributed by atoms with van der Waals surface area (Å²) in [6.07, 6.45) is 2.06. The van der Waals surface area contributed by atoms with Gasteiger partial charge in [0.05, 0.1) is 5.75 Å². The lowest BCUT2D eigenvalue weighted by Crippen LogP contribution is -2.11. The van der Waals surface area contributed by atoms with Crippen molar-refractivity contribution in [1.82, 2.24) is 20.2 Å². The van der Waals surface area contributed by atoms with Crippen LogP contribution in [0.15, 0.2) is 0 Å². The Bertz CT molecular complexity index is 304. The summed E-state index contributed by atoms with van der Waals surface area (Å²) in [6.45, 7) is 8.18. The molecule has 92 valence electrons. The molecule has 0 saturated carbocycles. The third-order valence-corrected chi connectivity index (χ3v) is 3.33. The molecule has 0 radical (unpaired) electrons. The van der Waals surface area contributed by atoms with E-state index < -0.39 is 0 Å². The first-order valence-electron chi connectivity index (χ1n) is 5.62. The summed E-state index contributed by atoms with van der Waals surface area (Å²) in [4.78, 5) is 0. The Morgan fingerprint density at radius 2 is 2.06 bits per heavy atom.